The summed E-state index contributed by atoms with van der Waals surface area (Å²) < 4.78 is 1.64. The van der Waals surface area contributed by atoms with Gasteiger partial charge in [-0.05, 0) is 18.8 Å². The highest BCUT2D eigenvalue weighted by molar-refractivity contribution is 5.75. The van der Waals surface area contributed by atoms with Crippen LogP contribution in [0.2, 0.25) is 0 Å². The third kappa shape index (κ3) is 2.53. The number of amides is 1. The molecule has 1 aromatic rings. The van der Waals surface area contributed by atoms with Crippen LogP contribution in [0.25, 0.3) is 0 Å². The van der Waals surface area contributed by atoms with Gasteiger partial charge in [0.15, 0.2) is 0 Å². The van der Waals surface area contributed by atoms with Crippen LogP contribution in [0, 0.1) is 5.92 Å². The first-order valence-corrected chi connectivity index (χ1v) is 5.67. The quantitative estimate of drug-likeness (QED) is 0.793. The van der Waals surface area contributed by atoms with Gasteiger partial charge in [-0.2, -0.15) is 5.10 Å². The van der Waals surface area contributed by atoms with Crippen LogP contribution < -0.4 is 10.6 Å². The molecule has 2 N–H and O–H groups in total. The minimum absolute atomic E-state index is 0.0353. The highest BCUT2D eigenvalue weighted by atomic mass is 16.1. The van der Waals surface area contributed by atoms with E-state index in [1.54, 1.807) is 17.9 Å². The molecule has 0 saturated heterocycles. The van der Waals surface area contributed by atoms with Crippen molar-refractivity contribution in [3.8, 4) is 0 Å². The number of nitrogens with one attached hydrogen (secondary N) is 2. The van der Waals surface area contributed by atoms with Crippen LogP contribution in [0.15, 0.2) is 12.4 Å². The molecule has 1 saturated carbocycles. The normalized spacial score (nSPS) is 23.6. The van der Waals surface area contributed by atoms with E-state index in [1.807, 2.05) is 6.20 Å². The van der Waals surface area contributed by atoms with Gasteiger partial charge in [-0.15, -0.1) is 0 Å². The van der Waals surface area contributed by atoms with Crippen LogP contribution in [0.1, 0.15) is 19.8 Å². The Labute approximate surface area is 95.2 Å². The molecule has 0 spiro atoms. The summed E-state index contributed by atoms with van der Waals surface area (Å²) in [4.78, 5) is 11.1. The molecule has 0 radical (unpaired) electrons. The number of rotatable bonds is 4. The minimum atomic E-state index is -0.0353. The number of nitrogens with zero attached hydrogens (tertiary/aromatic N) is 2. The van der Waals surface area contributed by atoms with E-state index in [1.165, 1.54) is 12.8 Å². The fourth-order valence-corrected chi connectivity index (χ4v) is 2.01. The molecule has 0 bridgehead atoms. The van der Waals surface area contributed by atoms with E-state index >= 15 is 0 Å². The number of aromatic nitrogens is 2. The average molecular weight is 222 g/mol. The van der Waals surface area contributed by atoms with Crippen molar-refractivity contribution in [2.24, 2.45) is 5.92 Å². The molecule has 5 nitrogen and oxygen atoms in total. The minimum Gasteiger partial charge on any atom is -0.380 e. The van der Waals surface area contributed by atoms with E-state index < -0.39 is 0 Å². The predicted octanol–water partition coefficient (Wildman–Crippen LogP) is 0.839. The number of carbonyl (C=O) groups excluding carboxylic acids is 1. The highest BCUT2D eigenvalue weighted by Gasteiger charge is 2.25. The van der Waals surface area contributed by atoms with E-state index in [-0.39, 0.29) is 12.5 Å². The number of hydrogen-bond donors (Lipinski definition) is 2. The summed E-state index contributed by atoms with van der Waals surface area (Å²) in [5.74, 6) is 0.797. The molecular weight excluding hydrogens is 204 g/mol. The van der Waals surface area contributed by atoms with Crippen LogP contribution in [0.3, 0.4) is 0 Å². The molecule has 1 heterocycles. The van der Waals surface area contributed by atoms with Gasteiger partial charge in [0.2, 0.25) is 5.91 Å². The van der Waals surface area contributed by atoms with Crippen LogP contribution in [0.5, 0.6) is 0 Å². The second-order valence-electron chi connectivity index (χ2n) is 4.52. The molecule has 1 fully saturated rings. The Balaban J connectivity index is 1.85. The lowest BCUT2D eigenvalue weighted by atomic mass is 9.82. The molecule has 1 amide bonds. The van der Waals surface area contributed by atoms with E-state index in [0.717, 1.165) is 11.6 Å². The van der Waals surface area contributed by atoms with Crippen LogP contribution in [-0.4, -0.2) is 28.8 Å². The molecule has 5 heteroatoms. The van der Waals surface area contributed by atoms with Crippen LogP contribution >= 0.6 is 0 Å². The predicted molar refractivity (Wildman–Crippen MR) is 62.1 cm³/mol. The Morgan fingerprint density at radius 3 is 3.00 bits per heavy atom. The first-order chi connectivity index (χ1) is 7.67. The van der Waals surface area contributed by atoms with Gasteiger partial charge in [-0.1, -0.05) is 6.92 Å². The Hall–Kier alpha value is -1.52. The Morgan fingerprint density at radius 1 is 1.62 bits per heavy atom. The van der Waals surface area contributed by atoms with Gasteiger partial charge >= 0.3 is 0 Å². The maximum Gasteiger partial charge on any atom is 0.241 e. The number of hydrogen-bond acceptors (Lipinski definition) is 3. The van der Waals surface area contributed by atoms with Crippen molar-refractivity contribution in [3.05, 3.63) is 12.4 Å². The first kappa shape index (κ1) is 11.0. The third-order valence-corrected chi connectivity index (χ3v) is 2.96. The molecular formula is C11H18N4O. The third-order valence-electron chi connectivity index (χ3n) is 2.96. The lowest BCUT2D eigenvalue weighted by molar-refractivity contribution is -0.121. The highest BCUT2D eigenvalue weighted by Crippen LogP contribution is 2.29. The number of anilines is 1. The lowest BCUT2D eigenvalue weighted by Gasteiger charge is -2.33. The van der Waals surface area contributed by atoms with Crippen molar-refractivity contribution in [2.45, 2.75) is 32.4 Å². The Bertz CT molecular complexity index is 368. The van der Waals surface area contributed by atoms with Gasteiger partial charge in [0.05, 0.1) is 11.9 Å². The zero-order valence-corrected chi connectivity index (χ0v) is 9.73. The largest absolute Gasteiger partial charge is 0.380 e. The maximum absolute atomic E-state index is 11.1. The van der Waals surface area contributed by atoms with E-state index in [2.05, 4.69) is 22.7 Å². The van der Waals surface area contributed by atoms with Gasteiger partial charge in [0.25, 0.3) is 0 Å². The zero-order valence-electron chi connectivity index (χ0n) is 9.73. The van der Waals surface area contributed by atoms with E-state index in [0.29, 0.717) is 6.04 Å². The Kier molecular flexibility index (Phi) is 3.12. The van der Waals surface area contributed by atoms with E-state index in [4.69, 9.17) is 0 Å². The lowest BCUT2D eigenvalue weighted by Crippen LogP contribution is -2.33. The van der Waals surface area contributed by atoms with Crippen molar-refractivity contribution in [3.63, 3.8) is 0 Å². The standard InChI is InChI=1S/C11H18N4O/c1-8-3-9(4-8)14-10-5-13-15(6-10)7-11(16)12-2/h5-6,8-9,14H,3-4,7H2,1-2H3,(H,12,16). The van der Waals surface area contributed by atoms with Gasteiger partial charge in [0.1, 0.15) is 6.54 Å². The summed E-state index contributed by atoms with van der Waals surface area (Å²) in [7, 11) is 1.63. The maximum atomic E-state index is 11.1. The van der Waals surface area contributed by atoms with E-state index in [9.17, 15) is 4.79 Å². The van der Waals surface area contributed by atoms with Crippen LogP contribution in [-0.2, 0) is 11.3 Å². The summed E-state index contributed by atoms with van der Waals surface area (Å²) in [6.45, 7) is 2.53. The SMILES string of the molecule is CNC(=O)Cn1cc(NC2CC(C)C2)cn1. The first-order valence-electron chi connectivity index (χ1n) is 5.67. The molecule has 0 aromatic carbocycles. The summed E-state index contributed by atoms with van der Waals surface area (Å²) >= 11 is 0. The van der Waals surface area contributed by atoms with Gasteiger partial charge in [0, 0.05) is 19.3 Å². The van der Waals surface area contributed by atoms with Gasteiger partial charge in [-0.25, -0.2) is 0 Å². The van der Waals surface area contributed by atoms with Crippen molar-refractivity contribution in [2.75, 3.05) is 12.4 Å². The fourth-order valence-electron chi connectivity index (χ4n) is 2.01. The molecule has 1 aliphatic carbocycles. The van der Waals surface area contributed by atoms with Crippen molar-refractivity contribution in [1.82, 2.24) is 15.1 Å². The van der Waals surface area contributed by atoms with Crippen molar-refractivity contribution in [1.29, 1.82) is 0 Å². The molecule has 1 aromatic heterocycles. The zero-order chi connectivity index (χ0) is 11.5. The molecule has 1 aliphatic rings. The molecule has 0 unspecified atom stereocenters. The average Bonchev–Trinajstić information content (AvgIpc) is 2.63. The van der Waals surface area contributed by atoms with Gasteiger partial charge < -0.3 is 10.6 Å². The topological polar surface area (TPSA) is 59.0 Å². The second kappa shape index (κ2) is 4.55. The van der Waals surface area contributed by atoms with Crippen LogP contribution in [0.4, 0.5) is 5.69 Å². The Morgan fingerprint density at radius 2 is 2.38 bits per heavy atom. The smallest absolute Gasteiger partial charge is 0.241 e. The molecule has 88 valence electrons. The second-order valence-corrected chi connectivity index (χ2v) is 4.52. The molecule has 2 rings (SSSR count). The monoisotopic (exact) mass is 222 g/mol. The summed E-state index contributed by atoms with van der Waals surface area (Å²) in [6, 6.07) is 0.577. The molecule has 16 heavy (non-hydrogen) atoms. The fraction of sp³-hybridized carbons (Fsp3) is 0.636. The summed E-state index contributed by atoms with van der Waals surface area (Å²) in [5, 5.41) is 10.1. The number of likely N-dealkylation sites (N-methyl/N-ethyl adjacent to an activating group) is 1. The van der Waals surface area contributed by atoms with Crippen molar-refractivity contribution >= 4 is 11.6 Å². The summed E-state index contributed by atoms with van der Waals surface area (Å²) in [6.07, 6.45) is 6.09. The van der Waals surface area contributed by atoms with Gasteiger partial charge in [-0.3, -0.25) is 9.48 Å². The van der Waals surface area contributed by atoms with Crippen molar-refractivity contribution < 1.29 is 4.79 Å². The number of carbonyl (C=O) groups is 1. The summed E-state index contributed by atoms with van der Waals surface area (Å²) in [5.41, 5.74) is 1.00. The molecule has 0 aliphatic heterocycles. The molecule has 0 atom stereocenters.